The molecule has 0 radical (unpaired) electrons. The largest absolute Gasteiger partial charge is 0.477 e. The quantitative estimate of drug-likeness (QED) is 0.791. The van der Waals surface area contributed by atoms with Gasteiger partial charge in [0.15, 0.2) is 5.69 Å². The zero-order valence-electron chi connectivity index (χ0n) is 7.08. The summed E-state index contributed by atoms with van der Waals surface area (Å²) >= 11 is 0. The first-order chi connectivity index (χ1) is 6.52. The summed E-state index contributed by atoms with van der Waals surface area (Å²) < 4.78 is 25.4. The lowest BCUT2D eigenvalue weighted by atomic mass is 10.1. The number of halogens is 2. The molecule has 3 nitrogen and oxygen atoms in total. The van der Waals surface area contributed by atoms with Crippen LogP contribution in [0.5, 0.6) is 0 Å². The molecule has 0 bridgehead atoms. The minimum absolute atomic E-state index is 0.130. The van der Waals surface area contributed by atoms with Crippen LogP contribution in [-0.4, -0.2) is 22.0 Å². The van der Waals surface area contributed by atoms with Crippen LogP contribution in [0.3, 0.4) is 0 Å². The lowest BCUT2D eigenvalue weighted by molar-refractivity contribution is 0.0688. The highest BCUT2D eigenvalue weighted by Gasteiger charge is 2.58. The number of aromatic carboxylic acids is 1. The van der Waals surface area contributed by atoms with E-state index in [4.69, 9.17) is 5.11 Å². The van der Waals surface area contributed by atoms with Gasteiger partial charge in [-0.3, -0.25) is 0 Å². The summed E-state index contributed by atoms with van der Waals surface area (Å²) in [6.07, 6.45) is 1.01. The number of alkyl halides is 2. The van der Waals surface area contributed by atoms with E-state index in [9.17, 15) is 13.6 Å². The van der Waals surface area contributed by atoms with Gasteiger partial charge in [0.25, 0.3) is 5.92 Å². The van der Waals surface area contributed by atoms with Gasteiger partial charge in [-0.2, -0.15) is 0 Å². The van der Waals surface area contributed by atoms with Crippen molar-refractivity contribution in [2.75, 3.05) is 0 Å². The molecule has 14 heavy (non-hydrogen) atoms. The van der Waals surface area contributed by atoms with E-state index in [-0.39, 0.29) is 17.7 Å². The van der Waals surface area contributed by atoms with Gasteiger partial charge in [0, 0.05) is 12.6 Å². The molecule has 74 valence electrons. The van der Waals surface area contributed by atoms with Gasteiger partial charge in [0.1, 0.15) is 0 Å². The highest BCUT2D eigenvalue weighted by molar-refractivity contribution is 5.87. The van der Waals surface area contributed by atoms with E-state index in [0.29, 0.717) is 0 Å². The molecule has 1 atom stereocenters. The summed E-state index contributed by atoms with van der Waals surface area (Å²) in [6, 6.07) is 2.86. The average molecular weight is 199 g/mol. The van der Waals surface area contributed by atoms with E-state index in [0.717, 1.165) is 0 Å². The van der Waals surface area contributed by atoms with Crippen LogP contribution in [0.15, 0.2) is 18.3 Å². The molecule has 1 aliphatic rings. The maximum Gasteiger partial charge on any atom is 0.354 e. The third-order valence-electron chi connectivity index (χ3n) is 2.24. The Morgan fingerprint density at radius 3 is 2.79 bits per heavy atom. The zero-order valence-corrected chi connectivity index (χ0v) is 7.08. The minimum atomic E-state index is -2.76. The van der Waals surface area contributed by atoms with E-state index in [2.05, 4.69) is 4.98 Å². The van der Waals surface area contributed by atoms with Crippen molar-refractivity contribution in [1.82, 2.24) is 4.98 Å². The average Bonchev–Trinajstić information content (AvgIpc) is 2.75. The molecule has 5 heteroatoms. The molecule has 1 heterocycles. The fourth-order valence-corrected chi connectivity index (χ4v) is 1.43. The second kappa shape index (κ2) is 2.73. The topological polar surface area (TPSA) is 50.2 Å². The van der Waals surface area contributed by atoms with Crippen molar-refractivity contribution in [3.05, 3.63) is 29.6 Å². The number of nitrogens with zero attached hydrogens (tertiary/aromatic N) is 1. The van der Waals surface area contributed by atoms with Gasteiger partial charge in [-0.15, -0.1) is 0 Å². The Bertz CT molecular complexity index is 392. The van der Waals surface area contributed by atoms with Crippen molar-refractivity contribution in [2.45, 2.75) is 18.3 Å². The van der Waals surface area contributed by atoms with Crippen LogP contribution in [0.1, 0.15) is 28.4 Å². The first kappa shape index (κ1) is 9.05. The summed E-state index contributed by atoms with van der Waals surface area (Å²) in [5.74, 6) is -4.99. The summed E-state index contributed by atoms with van der Waals surface area (Å²) in [7, 11) is 0. The van der Waals surface area contributed by atoms with E-state index in [1.165, 1.54) is 18.3 Å². The SMILES string of the molecule is O=C(O)c1ncccc1C1CC1(F)F. The lowest BCUT2D eigenvalue weighted by Gasteiger charge is -2.02. The van der Waals surface area contributed by atoms with Crippen LogP contribution in [0, 0.1) is 0 Å². The smallest absolute Gasteiger partial charge is 0.354 e. The first-order valence-electron chi connectivity index (χ1n) is 4.08. The summed E-state index contributed by atoms with van der Waals surface area (Å²) in [6.45, 7) is 0. The number of rotatable bonds is 2. The molecular weight excluding hydrogens is 192 g/mol. The fraction of sp³-hybridized carbons (Fsp3) is 0.333. The number of pyridine rings is 1. The van der Waals surface area contributed by atoms with Crippen LogP contribution in [0.2, 0.25) is 0 Å². The highest BCUT2D eigenvalue weighted by atomic mass is 19.3. The number of carboxylic acids is 1. The minimum Gasteiger partial charge on any atom is -0.477 e. The molecule has 1 N–H and O–H groups in total. The Hall–Kier alpha value is -1.52. The Morgan fingerprint density at radius 1 is 1.64 bits per heavy atom. The molecular formula is C9H7F2NO2. The van der Waals surface area contributed by atoms with Crippen LogP contribution in [0.25, 0.3) is 0 Å². The van der Waals surface area contributed by atoms with Crippen LogP contribution in [-0.2, 0) is 0 Å². The highest BCUT2D eigenvalue weighted by Crippen LogP contribution is 2.56. The number of carboxylic acid groups (broad SMARTS) is 1. The molecule has 2 rings (SSSR count). The van der Waals surface area contributed by atoms with Crippen molar-refractivity contribution in [3.8, 4) is 0 Å². The van der Waals surface area contributed by atoms with Gasteiger partial charge in [-0.05, 0) is 11.6 Å². The van der Waals surface area contributed by atoms with Crippen molar-refractivity contribution >= 4 is 5.97 Å². The molecule has 1 aromatic rings. The Kier molecular flexibility index (Phi) is 1.77. The van der Waals surface area contributed by atoms with Crippen molar-refractivity contribution in [3.63, 3.8) is 0 Å². The predicted octanol–water partition coefficient (Wildman–Crippen LogP) is 1.90. The number of hydrogen-bond donors (Lipinski definition) is 1. The van der Waals surface area contributed by atoms with Crippen LogP contribution in [0.4, 0.5) is 8.78 Å². The Morgan fingerprint density at radius 2 is 2.29 bits per heavy atom. The number of carbonyl (C=O) groups is 1. The molecule has 1 aliphatic carbocycles. The maximum atomic E-state index is 12.7. The van der Waals surface area contributed by atoms with E-state index >= 15 is 0 Å². The Labute approximate surface area is 78.4 Å². The molecule has 0 spiro atoms. The molecule has 0 aliphatic heterocycles. The van der Waals surface area contributed by atoms with E-state index in [1.54, 1.807) is 0 Å². The Balaban J connectivity index is 2.39. The van der Waals surface area contributed by atoms with Gasteiger partial charge < -0.3 is 5.11 Å². The van der Waals surface area contributed by atoms with Crippen molar-refractivity contribution < 1.29 is 18.7 Å². The second-order valence-corrected chi connectivity index (χ2v) is 3.26. The summed E-state index contributed by atoms with van der Waals surface area (Å²) in [4.78, 5) is 14.2. The third-order valence-corrected chi connectivity index (χ3v) is 2.24. The molecule has 0 aromatic carbocycles. The van der Waals surface area contributed by atoms with Crippen LogP contribution < -0.4 is 0 Å². The summed E-state index contributed by atoms with van der Waals surface area (Å²) in [5, 5.41) is 8.71. The van der Waals surface area contributed by atoms with Crippen LogP contribution >= 0.6 is 0 Å². The predicted molar refractivity (Wildman–Crippen MR) is 43.5 cm³/mol. The molecule has 0 amide bonds. The second-order valence-electron chi connectivity index (χ2n) is 3.26. The fourth-order valence-electron chi connectivity index (χ4n) is 1.43. The molecule has 1 unspecified atom stereocenters. The third kappa shape index (κ3) is 1.34. The van der Waals surface area contributed by atoms with Gasteiger partial charge in [-0.25, -0.2) is 18.6 Å². The normalized spacial score (nSPS) is 23.1. The van der Waals surface area contributed by atoms with E-state index < -0.39 is 17.8 Å². The van der Waals surface area contributed by atoms with Gasteiger partial charge in [-0.1, -0.05) is 6.07 Å². The van der Waals surface area contributed by atoms with Gasteiger partial charge in [0.2, 0.25) is 0 Å². The maximum absolute atomic E-state index is 12.7. The monoisotopic (exact) mass is 199 g/mol. The molecule has 0 saturated heterocycles. The first-order valence-corrected chi connectivity index (χ1v) is 4.08. The number of hydrogen-bond acceptors (Lipinski definition) is 2. The van der Waals surface area contributed by atoms with Crippen molar-refractivity contribution in [1.29, 1.82) is 0 Å². The standard InChI is InChI=1S/C9H7F2NO2/c10-9(11)4-6(9)5-2-1-3-12-7(5)8(13)14/h1-3,6H,4H2,(H,13,14). The number of aromatic nitrogens is 1. The molecule has 1 aromatic heterocycles. The van der Waals surface area contributed by atoms with Gasteiger partial charge >= 0.3 is 5.97 Å². The van der Waals surface area contributed by atoms with Crippen molar-refractivity contribution in [2.24, 2.45) is 0 Å². The molecule has 1 fully saturated rings. The lowest BCUT2D eigenvalue weighted by Crippen LogP contribution is -2.06. The van der Waals surface area contributed by atoms with Gasteiger partial charge in [0.05, 0.1) is 5.92 Å². The summed E-state index contributed by atoms with van der Waals surface area (Å²) in [5.41, 5.74) is -0.139. The zero-order chi connectivity index (χ0) is 10.3. The molecule has 1 saturated carbocycles. The van der Waals surface area contributed by atoms with E-state index in [1.807, 2.05) is 0 Å².